The topological polar surface area (TPSA) is 112 Å². The van der Waals surface area contributed by atoms with Crippen molar-refractivity contribution in [2.45, 2.75) is 0 Å². The summed E-state index contributed by atoms with van der Waals surface area (Å²) in [5.74, 6) is -0.528. The first kappa shape index (κ1) is 23.4. The first-order valence-electron chi connectivity index (χ1n) is 12.5. The molecular formula is C31H20FN7O. The number of nitrogens with one attached hydrogen (secondary N) is 3. The average Bonchev–Trinajstić information content (AvgIpc) is 3.62. The Kier molecular flexibility index (Phi) is 5.59. The van der Waals surface area contributed by atoms with Gasteiger partial charge in [0.15, 0.2) is 0 Å². The first-order valence-corrected chi connectivity index (χ1v) is 12.5. The van der Waals surface area contributed by atoms with Gasteiger partial charge in [0.05, 0.1) is 46.7 Å². The number of anilines is 1. The summed E-state index contributed by atoms with van der Waals surface area (Å²) in [7, 11) is 0. The SMILES string of the molecule is O=C(Nc1cncc(-c2cc3c(-c4cc5c(-c6ccccc6F)cncc5[nH]4)n[nH]c3cn2)c1)c1ccccc1. The van der Waals surface area contributed by atoms with Crippen LogP contribution < -0.4 is 5.32 Å². The molecule has 7 rings (SSSR count). The predicted octanol–water partition coefficient (Wildman–Crippen LogP) is 6.62. The third-order valence-electron chi connectivity index (χ3n) is 6.74. The zero-order valence-corrected chi connectivity index (χ0v) is 20.9. The Labute approximate surface area is 227 Å². The number of rotatable bonds is 5. The van der Waals surface area contributed by atoms with Gasteiger partial charge in [0, 0.05) is 45.4 Å². The summed E-state index contributed by atoms with van der Waals surface area (Å²) >= 11 is 0. The minimum absolute atomic E-state index is 0.219. The van der Waals surface area contributed by atoms with Gasteiger partial charge in [-0.25, -0.2) is 4.39 Å². The van der Waals surface area contributed by atoms with E-state index in [1.54, 1.807) is 61.3 Å². The zero-order valence-electron chi connectivity index (χ0n) is 20.9. The van der Waals surface area contributed by atoms with Gasteiger partial charge in [0.1, 0.15) is 11.5 Å². The number of pyridine rings is 3. The number of hydrogen-bond donors (Lipinski definition) is 3. The molecule has 0 spiro atoms. The van der Waals surface area contributed by atoms with E-state index in [2.05, 4.69) is 35.5 Å². The van der Waals surface area contributed by atoms with Crippen LogP contribution in [0.5, 0.6) is 0 Å². The number of aromatic nitrogens is 6. The van der Waals surface area contributed by atoms with Crippen LogP contribution in [0.3, 0.4) is 0 Å². The molecule has 0 aliphatic heterocycles. The molecule has 5 heterocycles. The average molecular weight is 526 g/mol. The number of nitrogens with zero attached hydrogens (tertiary/aromatic N) is 4. The van der Waals surface area contributed by atoms with Gasteiger partial charge < -0.3 is 10.3 Å². The number of carbonyl (C=O) groups excluding carboxylic acids is 1. The lowest BCUT2D eigenvalue weighted by atomic mass is 10.0. The number of carbonyl (C=O) groups is 1. The Balaban J connectivity index is 1.26. The summed E-state index contributed by atoms with van der Waals surface area (Å²) in [4.78, 5) is 29.2. The molecule has 192 valence electrons. The fourth-order valence-electron chi connectivity index (χ4n) is 4.79. The van der Waals surface area contributed by atoms with Crippen LogP contribution in [0.4, 0.5) is 10.1 Å². The van der Waals surface area contributed by atoms with Crippen molar-refractivity contribution in [1.29, 1.82) is 0 Å². The molecule has 0 saturated heterocycles. The van der Waals surface area contributed by atoms with Crippen LogP contribution in [0.15, 0.2) is 104 Å². The van der Waals surface area contributed by atoms with Gasteiger partial charge in [-0.15, -0.1) is 0 Å². The molecule has 1 amide bonds. The summed E-state index contributed by atoms with van der Waals surface area (Å²) in [5.41, 5.74) is 6.68. The summed E-state index contributed by atoms with van der Waals surface area (Å²) < 4.78 is 14.6. The van der Waals surface area contributed by atoms with Gasteiger partial charge >= 0.3 is 0 Å². The molecule has 0 saturated carbocycles. The molecule has 0 aliphatic carbocycles. The third kappa shape index (κ3) is 4.15. The van der Waals surface area contributed by atoms with Crippen LogP contribution in [-0.2, 0) is 0 Å². The van der Waals surface area contributed by atoms with Gasteiger partial charge in [0.25, 0.3) is 5.91 Å². The second kappa shape index (κ2) is 9.55. The Bertz CT molecular complexity index is 2030. The normalized spacial score (nSPS) is 11.2. The Morgan fingerprint density at radius 1 is 0.775 bits per heavy atom. The monoisotopic (exact) mass is 525 g/mol. The van der Waals surface area contributed by atoms with Crippen molar-refractivity contribution in [3.8, 4) is 33.8 Å². The molecule has 0 unspecified atom stereocenters. The van der Waals surface area contributed by atoms with Gasteiger partial charge in [-0.3, -0.25) is 24.8 Å². The Morgan fingerprint density at radius 3 is 2.48 bits per heavy atom. The van der Waals surface area contributed by atoms with Gasteiger partial charge in [-0.1, -0.05) is 36.4 Å². The maximum absolute atomic E-state index is 14.6. The van der Waals surface area contributed by atoms with Crippen LogP contribution in [0.2, 0.25) is 0 Å². The van der Waals surface area contributed by atoms with Crippen molar-refractivity contribution in [2.24, 2.45) is 0 Å². The second-order valence-corrected chi connectivity index (χ2v) is 9.28. The highest BCUT2D eigenvalue weighted by Gasteiger charge is 2.16. The fourth-order valence-corrected chi connectivity index (χ4v) is 4.79. The molecule has 0 fully saturated rings. The van der Waals surface area contributed by atoms with Crippen molar-refractivity contribution in [3.05, 3.63) is 115 Å². The Hall–Kier alpha value is -5.70. The van der Waals surface area contributed by atoms with Crippen molar-refractivity contribution < 1.29 is 9.18 Å². The lowest BCUT2D eigenvalue weighted by molar-refractivity contribution is 0.102. The van der Waals surface area contributed by atoms with Crippen molar-refractivity contribution in [1.82, 2.24) is 30.1 Å². The highest BCUT2D eigenvalue weighted by atomic mass is 19.1. The fraction of sp³-hybridized carbons (Fsp3) is 0. The number of hydrogen-bond acceptors (Lipinski definition) is 5. The number of aromatic amines is 2. The minimum atomic E-state index is -0.309. The molecule has 0 aliphatic rings. The molecule has 3 N–H and O–H groups in total. The molecule has 7 aromatic rings. The summed E-state index contributed by atoms with van der Waals surface area (Å²) in [5, 5.41) is 12.2. The maximum Gasteiger partial charge on any atom is 0.255 e. The molecule has 9 heteroatoms. The smallest absolute Gasteiger partial charge is 0.255 e. The van der Waals surface area contributed by atoms with E-state index >= 15 is 0 Å². The first-order chi connectivity index (χ1) is 19.6. The molecule has 0 radical (unpaired) electrons. The number of benzene rings is 2. The number of fused-ring (bicyclic) bond motifs is 2. The summed E-state index contributed by atoms with van der Waals surface area (Å²) in [6, 6.07) is 21.4. The standard InChI is InChI=1S/C31H20FN7O/c32-25-9-5-4-8-21(25)24-15-34-16-28-22(24)11-27(37-28)30-23-12-26(35-17-29(23)38-39-30)19-10-20(14-33-13-19)36-31(40)18-6-2-1-3-7-18/h1-17,37H,(H,36,40)(H,38,39). The number of amides is 1. The van der Waals surface area contributed by atoms with Crippen molar-refractivity contribution in [3.63, 3.8) is 0 Å². The lowest BCUT2D eigenvalue weighted by Gasteiger charge is -2.07. The molecule has 0 atom stereocenters. The van der Waals surface area contributed by atoms with E-state index in [0.717, 1.165) is 33.1 Å². The molecule has 40 heavy (non-hydrogen) atoms. The molecule has 0 bridgehead atoms. The van der Waals surface area contributed by atoms with Gasteiger partial charge in [0.2, 0.25) is 0 Å². The summed E-state index contributed by atoms with van der Waals surface area (Å²) in [6.07, 6.45) is 8.39. The third-order valence-corrected chi connectivity index (χ3v) is 6.74. The molecule has 2 aromatic carbocycles. The number of H-pyrrole nitrogens is 2. The van der Waals surface area contributed by atoms with E-state index in [9.17, 15) is 9.18 Å². The van der Waals surface area contributed by atoms with E-state index < -0.39 is 0 Å². The highest BCUT2D eigenvalue weighted by Crippen LogP contribution is 2.35. The van der Waals surface area contributed by atoms with Crippen LogP contribution in [0.1, 0.15) is 10.4 Å². The maximum atomic E-state index is 14.6. The Morgan fingerprint density at radius 2 is 1.60 bits per heavy atom. The van der Waals surface area contributed by atoms with E-state index in [-0.39, 0.29) is 11.7 Å². The predicted molar refractivity (Wildman–Crippen MR) is 152 cm³/mol. The quantitative estimate of drug-likeness (QED) is 0.234. The van der Waals surface area contributed by atoms with E-state index in [4.69, 9.17) is 0 Å². The van der Waals surface area contributed by atoms with E-state index in [1.165, 1.54) is 6.07 Å². The van der Waals surface area contributed by atoms with E-state index in [1.807, 2.05) is 36.4 Å². The lowest BCUT2D eigenvalue weighted by Crippen LogP contribution is -2.11. The second-order valence-electron chi connectivity index (χ2n) is 9.28. The van der Waals surface area contributed by atoms with Crippen LogP contribution in [-0.4, -0.2) is 36.0 Å². The van der Waals surface area contributed by atoms with Gasteiger partial charge in [-0.2, -0.15) is 5.10 Å². The van der Waals surface area contributed by atoms with Gasteiger partial charge in [-0.05, 0) is 36.4 Å². The molecule has 8 nitrogen and oxygen atoms in total. The summed E-state index contributed by atoms with van der Waals surface area (Å²) in [6.45, 7) is 0. The van der Waals surface area contributed by atoms with Crippen LogP contribution in [0.25, 0.3) is 55.6 Å². The largest absolute Gasteiger partial charge is 0.352 e. The minimum Gasteiger partial charge on any atom is -0.352 e. The van der Waals surface area contributed by atoms with E-state index in [0.29, 0.717) is 33.8 Å². The van der Waals surface area contributed by atoms with Crippen LogP contribution in [0, 0.1) is 5.82 Å². The van der Waals surface area contributed by atoms with Crippen molar-refractivity contribution >= 4 is 33.4 Å². The zero-order chi connectivity index (χ0) is 27.1. The molecule has 5 aromatic heterocycles. The number of halogens is 1. The van der Waals surface area contributed by atoms with Crippen LogP contribution >= 0.6 is 0 Å². The highest BCUT2D eigenvalue weighted by molar-refractivity contribution is 6.04. The van der Waals surface area contributed by atoms with Crippen molar-refractivity contribution in [2.75, 3.05) is 5.32 Å². The molecular weight excluding hydrogens is 505 g/mol.